The van der Waals surface area contributed by atoms with Gasteiger partial charge >= 0.3 is 5.97 Å². The van der Waals surface area contributed by atoms with E-state index in [1.807, 2.05) is 0 Å². The second kappa shape index (κ2) is 6.88. The highest BCUT2D eigenvalue weighted by atomic mass is 16.5. The maximum absolute atomic E-state index is 11.7. The first kappa shape index (κ1) is 15.0. The monoisotopic (exact) mass is 279 g/mol. The molecule has 1 aromatic rings. The number of hydrogen-bond acceptors (Lipinski definition) is 4. The van der Waals surface area contributed by atoms with Crippen molar-refractivity contribution in [1.29, 1.82) is 0 Å². The van der Waals surface area contributed by atoms with Gasteiger partial charge in [-0.05, 0) is 38.3 Å². The zero-order valence-electron chi connectivity index (χ0n) is 12.7. The molecular formula is C15H25N3O2. The number of aromatic nitrogens is 2. The van der Waals surface area contributed by atoms with E-state index in [4.69, 9.17) is 4.74 Å². The molecule has 2 heterocycles. The second-order valence-electron chi connectivity index (χ2n) is 5.41. The summed E-state index contributed by atoms with van der Waals surface area (Å²) < 4.78 is 6.93. The van der Waals surface area contributed by atoms with Gasteiger partial charge in [-0.1, -0.05) is 13.8 Å². The van der Waals surface area contributed by atoms with Crippen molar-refractivity contribution in [3.8, 4) is 0 Å². The van der Waals surface area contributed by atoms with Crippen LogP contribution in [-0.4, -0.2) is 40.3 Å². The molecular weight excluding hydrogens is 254 g/mol. The van der Waals surface area contributed by atoms with Crippen molar-refractivity contribution in [1.82, 2.24) is 14.7 Å². The van der Waals surface area contributed by atoms with Crippen LogP contribution >= 0.6 is 0 Å². The minimum absolute atomic E-state index is 0.0988. The molecule has 0 aliphatic carbocycles. The summed E-state index contributed by atoms with van der Waals surface area (Å²) in [7, 11) is 1.46. The maximum Gasteiger partial charge on any atom is 0.323 e. The van der Waals surface area contributed by atoms with Gasteiger partial charge in [0.1, 0.15) is 6.04 Å². The molecule has 1 aliphatic rings. The zero-order chi connectivity index (χ0) is 14.5. The Hall–Kier alpha value is -1.36. The van der Waals surface area contributed by atoms with E-state index in [1.54, 1.807) is 0 Å². The maximum atomic E-state index is 11.7. The fourth-order valence-corrected chi connectivity index (χ4v) is 2.95. The number of carbonyl (C=O) groups excluding carboxylic acids is 1. The summed E-state index contributed by atoms with van der Waals surface area (Å²) >= 11 is 0. The average Bonchev–Trinajstić information content (AvgIpc) is 3.10. The van der Waals surface area contributed by atoms with E-state index in [1.165, 1.54) is 7.11 Å². The molecule has 0 saturated carbocycles. The number of methoxy groups -OCH3 is 1. The van der Waals surface area contributed by atoms with Gasteiger partial charge in [0, 0.05) is 12.7 Å². The molecule has 1 aliphatic heterocycles. The molecule has 1 fully saturated rings. The summed E-state index contributed by atoms with van der Waals surface area (Å²) in [6.45, 7) is 6.04. The number of rotatable bonds is 6. The Kier molecular flexibility index (Phi) is 5.17. The lowest BCUT2D eigenvalue weighted by Gasteiger charge is -2.21. The molecule has 5 heteroatoms. The van der Waals surface area contributed by atoms with E-state index < -0.39 is 0 Å². The van der Waals surface area contributed by atoms with Gasteiger partial charge in [0.15, 0.2) is 0 Å². The third-order valence-corrected chi connectivity index (χ3v) is 4.18. The lowest BCUT2D eigenvalue weighted by Crippen LogP contribution is -2.36. The van der Waals surface area contributed by atoms with E-state index in [2.05, 4.69) is 40.8 Å². The largest absolute Gasteiger partial charge is 0.468 e. The van der Waals surface area contributed by atoms with Crippen molar-refractivity contribution in [2.24, 2.45) is 0 Å². The molecule has 20 heavy (non-hydrogen) atoms. The van der Waals surface area contributed by atoms with Crippen LogP contribution < -0.4 is 0 Å². The Balaban J connectivity index is 2.01. The van der Waals surface area contributed by atoms with Gasteiger partial charge < -0.3 is 4.74 Å². The molecule has 0 radical (unpaired) electrons. The number of carbonyl (C=O) groups is 1. The molecule has 0 spiro atoms. The Morgan fingerprint density at radius 2 is 2.25 bits per heavy atom. The molecule has 5 nitrogen and oxygen atoms in total. The molecule has 2 rings (SSSR count). The average molecular weight is 279 g/mol. The van der Waals surface area contributed by atoms with Crippen molar-refractivity contribution >= 4 is 5.97 Å². The summed E-state index contributed by atoms with van der Waals surface area (Å²) in [5.41, 5.74) is 1.03. The number of esters is 1. The fraction of sp³-hybridized carbons (Fsp3) is 0.733. The van der Waals surface area contributed by atoms with Crippen LogP contribution in [0.4, 0.5) is 0 Å². The Morgan fingerprint density at radius 3 is 2.90 bits per heavy atom. The van der Waals surface area contributed by atoms with Gasteiger partial charge in [-0.15, -0.1) is 0 Å². The van der Waals surface area contributed by atoms with Crippen LogP contribution in [0.3, 0.4) is 0 Å². The van der Waals surface area contributed by atoms with Gasteiger partial charge in [-0.3, -0.25) is 14.4 Å². The highest BCUT2D eigenvalue weighted by molar-refractivity contribution is 5.75. The predicted octanol–water partition coefficient (Wildman–Crippen LogP) is 2.38. The van der Waals surface area contributed by atoms with E-state index in [0.717, 1.165) is 44.5 Å². The molecule has 0 N–H and O–H groups in total. The van der Waals surface area contributed by atoms with Gasteiger partial charge in [-0.25, -0.2) is 0 Å². The van der Waals surface area contributed by atoms with Crippen LogP contribution in [0.15, 0.2) is 12.3 Å². The number of likely N-dealkylation sites (tertiary alicyclic amines) is 1. The number of nitrogens with zero attached hydrogens (tertiary/aromatic N) is 3. The van der Waals surface area contributed by atoms with Crippen molar-refractivity contribution in [2.45, 2.75) is 58.2 Å². The second-order valence-corrected chi connectivity index (χ2v) is 5.41. The minimum Gasteiger partial charge on any atom is -0.468 e. The van der Waals surface area contributed by atoms with Crippen LogP contribution in [-0.2, 0) is 16.1 Å². The van der Waals surface area contributed by atoms with Gasteiger partial charge in [0.2, 0.25) is 0 Å². The van der Waals surface area contributed by atoms with E-state index >= 15 is 0 Å². The molecule has 1 saturated heterocycles. The Labute approximate surface area is 120 Å². The van der Waals surface area contributed by atoms with Crippen molar-refractivity contribution < 1.29 is 9.53 Å². The fourth-order valence-electron chi connectivity index (χ4n) is 2.95. The minimum atomic E-state index is -0.123. The standard InChI is InChI=1S/C15H25N3O2/c1-4-13(5-2)18-10-8-12(16-18)11-17-9-6-7-14(17)15(19)20-3/h8,10,13-14H,4-7,9,11H2,1-3H3. The molecule has 0 bridgehead atoms. The van der Waals surface area contributed by atoms with Crippen LogP contribution in [0.5, 0.6) is 0 Å². The molecule has 0 aromatic carbocycles. The van der Waals surface area contributed by atoms with Crippen molar-refractivity contribution in [3.63, 3.8) is 0 Å². The number of hydrogen-bond donors (Lipinski definition) is 0. The summed E-state index contributed by atoms with van der Waals surface area (Å²) in [5.74, 6) is -0.123. The van der Waals surface area contributed by atoms with Crippen molar-refractivity contribution in [2.75, 3.05) is 13.7 Å². The van der Waals surface area contributed by atoms with Crippen LogP contribution in [0.2, 0.25) is 0 Å². The summed E-state index contributed by atoms with van der Waals surface area (Å²) in [6.07, 6.45) is 6.17. The quantitative estimate of drug-likeness (QED) is 0.750. The first-order valence-electron chi connectivity index (χ1n) is 7.55. The lowest BCUT2D eigenvalue weighted by atomic mass is 10.2. The summed E-state index contributed by atoms with van der Waals surface area (Å²) in [4.78, 5) is 13.9. The Morgan fingerprint density at radius 1 is 1.50 bits per heavy atom. The smallest absolute Gasteiger partial charge is 0.323 e. The van der Waals surface area contributed by atoms with Crippen LogP contribution in [0, 0.1) is 0 Å². The molecule has 0 amide bonds. The molecule has 1 atom stereocenters. The topological polar surface area (TPSA) is 47.4 Å². The summed E-state index contributed by atoms with van der Waals surface area (Å²) in [6, 6.07) is 2.43. The highest BCUT2D eigenvalue weighted by Gasteiger charge is 2.31. The molecule has 112 valence electrons. The summed E-state index contributed by atoms with van der Waals surface area (Å²) in [5, 5.41) is 4.66. The first-order valence-corrected chi connectivity index (χ1v) is 7.55. The van der Waals surface area contributed by atoms with Gasteiger partial charge in [0.25, 0.3) is 0 Å². The van der Waals surface area contributed by atoms with E-state index in [0.29, 0.717) is 6.04 Å². The Bertz CT molecular complexity index is 440. The number of ether oxygens (including phenoxy) is 1. The van der Waals surface area contributed by atoms with E-state index in [-0.39, 0.29) is 12.0 Å². The van der Waals surface area contributed by atoms with Crippen LogP contribution in [0.25, 0.3) is 0 Å². The highest BCUT2D eigenvalue weighted by Crippen LogP contribution is 2.21. The first-order chi connectivity index (χ1) is 9.69. The molecule has 1 unspecified atom stereocenters. The normalized spacial score (nSPS) is 19.7. The lowest BCUT2D eigenvalue weighted by molar-refractivity contribution is -0.146. The van der Waals surface area contributed by atoms with Gasteiger partial charge in [-0.2, -0.15) is 5.10 Å². The van der Waals surface area contributed by atoms with Crippen molar-refractivity contribution in [3.05, 3.63) is 18.0 Å². The SMILES string of the molecule is CCC(CC)n1ccc(CN2CCCC2C(=O)OC)n1. The zero-order valence-corrected chi connectivity index (χ0v) is 12.7. The van der Waals surface area contributed by atoms with Crippen LogP contribution in [0.1, 0.15) is 51.3 Å². The van der Waals surface area contributed by atoms with Gasteiger partial charge in [0.05, 0.1) is 18.8 Å². The third kappa shape index (κ3) is 3.20. The van der Waals surface area contributed by atoms with E-state index in [9.17, 15) is 4.79 Å². The predicted molar refractivity (Wildman–Crippen MR) is 77.3 cm³/mol. The molecule has 1 aromatic heterocycles. The third-order valence-electron chi connectivity index (χ3n) is 4.18.